The Balaban J connectivity index is 1.39. The molecule has 2 heterocycles. The topological polar surface area (TPSA) is 63.2 Å². The molecule has 1 saturated carbocycles. The smallest absolute Gasteiger partial charge is 0.225 e. The SMILES string of the molecule is CN=C(NCC1CN(C)CCN1C)NC1CCC(C(=O)N2CCSCC2)CC1. The average molecular weight is 411 g/mol. The van der Waals surface area contributed by atoms with Gasteiger partial charge in [0.1, 0.15) is 0 Å². The maximum Gasteiger partial charge on any atom is 0.225 e. The quantitative estimate of drug-likeness (QED) is 0.521. The second-order valence-corrected chi connectivity index (χ2v) is 9.71. The molecular formula is C20H38N6OS. The lowest BCUT2D eigenvalue weighted by atomic mass is 9.85. The fourth-order valence-corrected chi connectivity index (χ4v) is 5.35. The van der Waals surface area contributed by atoms with E-state index >= 15 is 0 Å². The Hall–Kier alpha value is -0.990. The van der Waals surface area contributed by atoms with Crippen LogP contribution in [0.5, 0.6) is 0 Å². The summed E-state index contributed by atoms with van der Waals surface area (Å²) in [5.41, 5.74) is 0. The lowest BCUT2D eigenvalue weighted by Crippen LogP contribution is -2.56. The third-order valence-electron chi connectivity index (χ3n) is 6.45. The summed E-state index contributed by atoms with van der Waals surface area (Å²) in [6.07, 6.45) is 4.08. The number of hydrogen-bond acceptors (Lipinski definition) is 5. The van der Waals surface area contributed by atoms with Gasteiger partial charge in [-0.1, -0.05) is 0 Å². The highest BCUT2D eigenvalue weighted by atomic mass is 32.2. The number of nitrogens with zero attached hydrogens (tertiary/aromatic N) is 4. The van der Waals surface area contributed by atoms with E-state index in [4.69, 9.17) is 0 Å². The Morgan fingerprint density at radius 1 is 1.07 bits per heavy atom. The van der Waals surface area contributed by atoms with Crippen molar-refractivity contribution in [3.8, 4) is 0 Å². The minimum Gasteiger partial charge on any atom is -0.355 e. The largest absolute Gasteiger partial charge is 0.355 e. The molecule has 8 heteroatoms. The van der Waals surface area contributed by atoms with Crippen LogP contribution in [0.4, 0.5) is 0 Å². The molecule has 0 bridgehead atoms. The van der Waals surface area contributed by atoms with Crippen molar-refractivity contribution in [2.24, 2.45) is 10.9 Å². The van der Waals surface area contributed by atoms with Gasteiger partial charge in [-0.2, -0.15) is 11.8 Å². The number of carbonyl (C=O) groups is 1. The van der Waals surface area contributed by atoms with Crippen LogP contribution in [0.15, 0.2) is 4.99 Å². The number of piperazine rings is 1. The van der Waals surface area contributed by atoms with Gasteiger partial charge in [-0.3, -0.25) is 14.7 Å². The Bertz CT molecular complexity index is 531. The molecule has 2 aliphatic heterocycles. The van der Waals surface area contributed by atoms with Gasteiger partial charge < -0.3 is 20.4 Å². The first kappa shape index (κ1) is 21.7. The van der Waals surface area contributed by atoms with Crippen molar-refractivity contribution in [3.63, 3.8) is 0 Å². The highest BCUT2D eigenvalue weighted by Gasteiger charge is 2.30. The molecule has 2 saturated heterocycles. The fraction of sp³-hybridized carbons (Fsp3) is 0.900. The maximum absolute atomic E-state index is 12.7. The standard InChI is InChI=1S/C20H38N6OS/c1-21-20(22-14-18-15-24(2)8-9-25(18)3)23-17-6-4-16(5-7-17)19(27)26-10-12-28-13-11-26/h16-18H,4-15H2,1-3H3,(H2,21,22,23). The summed E-state index contributed by atoms with van der Waals surface area (Å²) >= 11 is 1.96. The number of guanidine groups is 1. The van der Waals surface area contributed by atoms with Gasteiger partial charge in [-0.05, 0) is 39.8 Å². The number of amides is 1. The molecule has 0 aromatic rings. The van der Waals surface area contributed by atoms with Crippen LogP contribution in [0.3, 0.4) is 0 Å². The summed E-state index contributed by atoms with van der Waals surface area (Å²) in [5, 5.41) is 7.10. The van der Waals surface area contributed by atoms with Crippen molar-refractivity contribution in [1.29, 1.82) is 0 Å². The minimum absolute atomic E-state index is 0.225. The molecule has 0 aromatic carbocycles. The van der Waals surface area contributed by atoms with E-state index in [0.717, 1.165) is 82.4 Å². The first-order chi connectivity index (χ1) is 13.6. The van der Waals surface area contributed by atoms with E-state index in [1.165, 1.54) is 0 Å². The van der Waals surface area contributed by atoms with Crippen molar-refractivity contribution in [2.45, 2.75) is 37.8 Å². The van der Waals surface area contributed by atoms with E-state index in [9.17, 15) is 4.79 Å². The molecule has 0 spiro atoms. The summed E-state index contributed by atoms with van der Waals surface area (Å²) in [4.78, 5) is 24.1. The number of carbonyl (C=O) groups excluding carboxylic acids is 1. The van der Waals surface area contributed by atoms with Crippen LogP contribution in [0, 0.1) is 5.92 Å². The molecule has 160 valence electrons. The van der Waals surface area contributed by atoms with E-state index in [1.807, 2.05) is 18.8 Å². The van der Waals surface area contributed by atoms with Crippen molar-refractivity contribution in [1.82, 2.24) is 25.3 Å². The summed E-state index contributed by atoms with van der Waals surface area (Å²) in [6.45, 7) is 6.11. The minimum atomic E-state index is 0.225. The number of aliphatic imine (C=N–C) groups is 1. The van der Waals surface area contributed by atoms with Crippen LogP contribution in [0.25, 0.3) is 0 Å². The van der Waals surface area contributed by atoms with Gasteiger partial charge in [0, 0.05) is 75.8 Å². The van der Waals surface area contributed by atoms with Gasteiger partial charge in [0.2, 0.25) is 5.91 Å². The average Bonchev–Trinajstić information content (AvgIpc) is 2.74. The van der Waals surface area contributed by atoms with E-state index in [0.29, 0.717) is 18.0 Å². The Labute approximate surface area is 174 Å². The first-order valence-corrected chi connectivity index (χ1v) is 11.9. The normalized spacial score (nSPS) is 30.9. The zero-order chi connectivity index (χ0) is 19.9. The highest BCUT2D eigenvalue weighted by Crippen LogP contribution is 2.27. The van der Waals surface area contributed by atoms with Crippen molar-refractivity contribution in [3.05, 3.63) is 0 Å². The van der Waals surface area contributed by atoms with E-state index in [2.05, 4.69) is 44.4 Å². The first-order valence-electron chi connectivity index (χ1n) is 10.8. The Kier molecular flexibility index (Phi) is 8.29. The fourth-order valence-electron chi connectivity index (χ4n) is 4.45. The number of nitrogens with one attached hydrogen (secondary N) is 2. The van der Waals surface area contributed by atoms with Crippen molar-refractivity contribution >= 4 is 23.6 Å². The monoisotopic (exact) mass is 410 g/mol. The van der Waals surface area contributed by atoms with Crippen LogP contribution in [0.1, 0.15) is 25.7 Å². The van der Waals surface area contributed by atoms with Crippen LogP contribution < -0.4 is 10.6 Å². The number of likely N-dealkylation sites (N-methyl/N-ethyl adjacent to an activating group) is 2. The lowest BCUT2D eigenvalue weighted by molar-refractivity contribution is -0.136. The predicted molar refractivity (Wildman–Crippen MR) is 118 cm³/mol. The number of rotatable bonds is 4. The molecule has 1 amide bonds. The number of hydrogen-bond donors (Lipinski definition) is 2. The van der Waals surface area contributed by atoms with Crippen LogP contribution in [-0.2, 0) is 4.79 Å². The Morgan fingerprint density at radius 3 is 2.46 bits per heavy atom. The molecule has 0 radical (unpaired) electrons. The molecule has 1 unspecified atom stereocenters. The maximum atomic E-state index is 12.7. The zero-order valence-electron chi connectivity index (χ0n) is 17.8. The van der Waals surface area contributed by atoms with E-state index < -0.39 is 0 Å². The van der Waals surface area contributed by atoms with Crippen LogP contribution in [-0.4, -0.2) is 111 Å². The van der Waals surface area contributed by atoms with Gasteiger partial charge in [-0.15, -0.1) is 0 Å². The second kappa shape index (κ2) is 10.7. The molecule has 1 aliphatic carbocycles. The highest BCUT2D eigenvalue weighted by molar-refractivity contribution is 7.99. The van der Waals surface area contributed by atoms with E-state index in [1.54, 1.807) is 0 Å². The molecule has 1 atom stereocenters. The molecule has 7 nitrogen and oxygen atoms in total. The lowest BCUT2D eigenvalue weighted by Gasteiger charge is -2.38. The second-order valence-electron chi connectivity index (χ2n) is 8.48. The van der Waals surface area contributed by atoms with Gasteiger partial charge in [0.15, 0.2) is 5.96 Å². The third-order valence-corrected chi connectivity index (χ3v) is 7.39. The number of thioether (sulfide) groups is 1. The van der Waals surface area contributed by atoms with Gasteiger partial charge in [0.05, 0.1) is 0 Å². The molecule has 3 rings (SSSR count). The van der Waals surface area contributed by atoms with Gasteiger partial charge in [-0.25, -0.2) is 0 Å². The Morgan fingerprint density at radius 2 is 1.79 bits per heavy atom. The van der Waals surface area contributed by atoms with Crippen LogP contribution in [0.2, 0.25) is 0 Å². The molecule has 0 aromatic heterocycles. The van der Waals surface area contributed by atoms with Crippen LogP contribution >= 0.6 is 11.8 Å². The van der Waals surface area contributed by atoms with Crippen molar-refractivity contribution < 1.29 is 4.79 Å². The predicted octanol–water partition coefficient (Wildman–Crippen LogP) is 0.531. The van der Waals surface area contributed by atoms with Crippen molar-refractivity contribution in [2.75, 3.05) is 71.9 Å². The molecule has 3 aliphatic rings. The molecular weight excluding hydrogens is 372 g/mol. The molecule has 28 heavy (non-hydrogen) atoms. The zero-order valence-corrected chi connectivity index (χ0v) is 18.6. The molecule has 2 N–H and O–H groups in total. The summed E-state index contributed by atoms with van der Waals surface area (Å²) in [5.74, 6) is 3.70. The molecule has 3 fully saturated rings. The van der Waals surface area contributed by atoms with Gasteiger partial charge >= 0.3 is 0 Å². The van der Waals surface area contributed by atoms with E-state index in [-0.39, 0.29) is 5.92 Å². The summed E-state index contributed by atoms with van der Waals surface area (Å²) in [7, 11) is 6.24. The summed E-state index contributed by atoms with van der Waals surface area (Å²) < 4.78 is 0. The van der Waals surface area contributed by atoms with Gasteiger partial charge in [0.25, 0.3) is 0 Å². The summed E-state index contributed by atoms with van der Waals surface area (Å²) in [6, 6.07) is 0.923. The third kappa shape index (κ3) is 6.00.